The second kappa shape index (κ2) is 54.5. The molecule has 2 unspecified atom stereocenters. The van der Waals surface area contributed by atoms with Crippen molar-refractivity contribution in [2.45, 2.75) is 347 Å². The first-order valence-electron chi connectivity index (χ1n) is 29.3. The molecule has 0 aromatic rings. The summed E-state index contributed by atoms with van der Waals surface area (Å²) in [6.45, 7) is 4.96. The molecule has 0 radical (unpaired) electrons. The molecule has 0 saturated heterocycles. The largest absolute Gasteiger partial charge is 0.466 e. The highest BCUT2D eigenvalue weighted by molar-refractivity contribution is 5.76. The van der Waals surface area contributed by atoms with Gasteiger partial charge in [-0.25, -0.2) is 0 Å². The van der Waals surface area contributed by atoms with Gasteiger partial charge in [-0.1, -0.05) is 296 Å². The lowest BCUT2D eigenvalue weighted by molar-refractivity contribution is -0.143. The van der Waals surface area contributed by atoms with Crippen molar-refractivity contribution in [3.05, 3.63) is 0 Å². The summed E-state index contributed by atoms with van der Waals surface area (Å²) >= 11 is 0. The molecule has 0 fully saturated rings. The summed E-state index contributed by atoms with van der Waals surface area (Å²) < 4.78 is 5.48. The van der Waals surface area contributed by atoms with Gasteiger partial charge in [0.2, 0.25) is 5.91 Å². The van der Waals surface area contributed by atoms with Crippen molar-refractivity contribution in [1.82, 2.24) is 5.32 Å². The van der Waals surface area contributed by atoms with Crippen LogP contribution in [0.3, 0.4) is 0 Å². The Hall–Kier alpha value is -1.14. The number of hydrogen-bond donors (Lipinski definition) is 3. The predicted molar refractivity (Wildman–Crippen MR) is 278 cm³/mol. The molecule has 0 aliphatic carbocycles. The number of amides is 1. The molecule has 64 heavy (non-hydrogen) atoms. The van der Waals surface area contributed by atoms with Crippen molar-refractivity contribution in [2.75, 3.05) is 13.2 Å². The first-order valence-corrected chi connectivity index (χ1v) is 29.3. The second-order valence-corrected chi connectivity index (χ2v) is 20.3. The Morgan fingerprint density at radius 3 is 0.953 bits per heavy atom. The van der Waals surface area contributed by atoms with Crippen LogP contribution in [0.25, 0.3) is 0 Å². The predicted octanol–water partition coefficient (Wildman–Crippen LogP) is 17.9. The first kappa shape index (κ1) is 62.9. The lowest BCUT2D eigenvalue weighted by atomic mass is 10.0. The zero-order chi connectivity index (χ0) is 46.5. The van der Waals surface area contributed by atoms with Gasteiger partial charge in [0.05, 0.1) is 25.4 Å². The highest BCUT2D eigenvalue weighted by Gasteiger charge is 2.20. The summed E-state index contributed by atoms with van der Waals surface area (Å²) in [5.41, 5.74) is 0. The second-order valence-electron chi connectivity index (χ2n) is 20.3. The third kappa shape index (κ3) is 50.3. The Balaban J connectivity index is 3.33. The van der Waals surface area contributed by atoms with Gasteiger partial charge in [0, 0.05) is 12.8 Å². The zero-order valence-corrected chi connectivity index (χ0v) is 43.5. The number of unbranched alkanes of at least 4 members (excludes halogenated alkanes) is 44. The van der Waals surface area contributed by atoms with Gasteiger partial charge >= 0.3 is 5.97 Å². The highest BCUT2D eigenvalue weighted by atomic mass is 16.5. The van der Waals surface area contributed by atoms with Crippen LogP contribution < -0.4 is 5.32 Å². The fraction of sp³-hybridized carbons (Fsp3) is 0.966. The molecule has 0 aliphatic heterocycles. The Bertz CT molecular complexity index is 913. The van der Waals surface area contributed by atoms with Crippen molar-refractivity contribution in [3.63, 3.8) is 0 Å². The summed E-state index contributed by atoms with van der Waals surface area (Å²) in [5, 5.41) is 23.2. The van der Waals surface area contributed by atoms with Crippen molar-refractivity contribution in [3.8, 4) is 0 Å². The summed E-state index contributed by atoms with van der Waals surface area (Å²) in [6, 6.07) is -0.538. The van der Waals surface area contributed by atoms with E-state index in [1.807, 2.05) is 0 Å². The molecule has 3 N–H and O–H groups in total. The van der Waals surface area contributed by atoms with E-state index >= 15 is 0 Å². The smallest absolute Gasteiger partial charge is 0.305 e. The highest BCUT2D eigenvalue weighted by Crippen LogP contribution is 2.18. The van der Waals surface area contributed by atoms with Gasteiger partial charge in [0.1, 0.15) is 0 Å². The van der Waals surface area contributed by atoms with E-state index in [1.54, 1.807) is 0 Å². The minimum Gasteiger partial charge on any atom is -0.466 e. The molecule has 0 aromatic heterocycles. The summed E-state index contributed by atoms with van der Waals surface area (Å²) in [4.78, 5) is 24.5. The topological polar surface area (TPSA) is 95.9 Å². The number of nitrogens with one attached hydrogen (secondary N) is 1. The molecule has 2 atom stereocenters. The molecular weight excluding hydrogens is 791 g/mol. The summed E-state index contributed by atoms with van der Waals surface area (Å²) in [6.07, 6.45) is 62.5. The molecule has 0 saturated carbocycles. The lowest BCUT2D eigenvalue weighted by Gasteiger charge is -2.22. The Kier molecular flexibility index (Phi) is 53.5. The number of carbonyl (C=O) groups is 2. The number of ether oxygens (including phenoxy) is 1. The first-order chi connectivity index (χ1) is 31.5. The third-order valence-corrected chi connectivity index (χ3v) is 13.9. The van der Waals surface area contributed by atoms with Crippen LogP contribution in [0.5, 0.6) is 0 Å². The number of aliphatic hydroxyl groups excluding tert-OH is 2. The summed E-state index contributed by atoms with van der Waals surface area (Å²) in [7, 11) is 0. The normalized spacial score (nSPS) is 12.5. The van der Waals surface area contributed by atoms with Crippen molar-refractivity contribution in [1.29, 1.82) is 0 Å². The molecule has 6 heteroatoms. The molecule has 382 valence electrons. The average molecular weight is 907 g/mol. The van der Waals surface area contributed by atoms with Gasteiger partial charge < -0.3 is 20.3 Å². The van der Waals surface area contributed by atoms with E-state index in [1.165, 1.54) is 263 Å². The zero-order valence-electron chi connectivity index (χ0n) is 43.5. The number of carbonyl (C=O) groups excluding carboxylic acids is 2. The van der Waals surface area contributed by atoms with Crippen LogP contribution in [0.4, 0.5) is 0 Å². The fourth-order valence-electron chi connectivity index (χ4n) is 9.41. The number of esters is 1. The van der Waals surface area contributed by atoms with Crippen molar-refractivity contribution >= 4 is 11.9 Å². The maximum Gasteiger partial charge on any atom is 0.305 e. The van der Waals surface area contributed by atoms with Gasteiger partial charge in [0.15, 0.2) is 0 Å². The van der Waals surface area contributed by atoms with E-state index in [2.05, 4.69) is 19.2 Å². The van der Waals surface area contributed by atoms with Crippen molar-refractivity contribution in [2.24, 2.45) is 0 Å². The Morgan fingerprint density at radius 2 is 0.641 bits per heavy atom. The van der Waals surface area contributed by atoms with Gasteiger partial charge in [-0.3, -0.25) is 9.59 Å². The molecule has 0 aliphatic rings. The monoisotopic (exact) mass is 906 g/mol. The van der Waals surface area contributed by atoms with Crippen LogP contribution in [0.1, 0.15) is 335 Å². The Labute approximate surface area is 400 Å². The van der Waals surface area contributed by atoms with E-state index in [-0.39, 0.29) is 18.5 Å². The molecule has 0 heterocycles. The maximum atomic E-state index is 12.4. The van der Waals surface area contributed by atoms with Crippen LogP contribution in [0, 0.1) is 0 Å². The van der Waals surface area contributed by atoms with Gasteiger partial charge in [-0.2, -0.15) is 0 Å². The maximum absolute atomic E-state index is 12.4. The van der Waals surface area contributed by atoms with Crippen LogP contribution in [-0.2, 0) is 14.3 Å². The minimum atomic E-state index is -0.661. The van der Waals surface area contributed by atoms with Crippen LogP contribution in [-0.4, -0.2) is 47.4 Å². The lowest BCUT2D eigenvalue weighted by Crippen LogP contribution is -2.45. The van der Waals surface area contributed by atoms with Gasteiger partial charge in [-0.15, -0.1) is 0 Å². The molecule has 0 aromatic carbocycles. The van der Waals surface area contributed by atoms with E-state index < -0.39 is 12.1 Å². The van der Waals surface area contributed by atoms with Crippen LogP contribution in [0.2, 0.25) is 0 Å². The average Bonchev–Trinajstić information content (AvgIpc) is 3.29. The molecule has 0 rings (SSSR count). The number of hydrogen-bond acceptors (Lipinski definition) is 5. The minimum absolute atomic E-state index is 0.0166. The number of rotatable bonds is 55. The quantitative estimate of drug-likeness (QED) is 0.0417. The van der Waals surface area contributed by atoms with E-state index in [9.17, 15) is 19.8 Å². The molecule has 0 bridgehead atoms. The molecule has 1 amide bonds. The SMILES string of the molecule is CCCCCCCCCCCCCCCC(=O)OCCCCCCCCCCCCCCCCCCCCCCCCCC(=O)NC(CO)C(O)CCCCCCCCCCCCC. The van der Waals surface area contributed by atoms with E-state index in [0.717, 1.165) is 38.5 Å². The van der Waals surface area contributed by atoms with E-state index in [0.29, 0.717) is 25.9 Å². The Morgan fingerprint density at radius 1 is 0.375 bits per heavy atom. The molecular formula is C58H115NO5. The third-order valence-electron chi connectivity index (χ3n) is 13.9. The van der Waals surface area contributed by atoms with Crippen molar-refractivity contribution < 1.29 is 24.5 Å². The number of aliphatic hydroxyl groups is 2. The standard InChI is InChI=1S/C58H115NO5/c1-3-5-7-9-11-13-15-27-32-36-40-44-48-52-58(63)64-53-49-45-41-37-33-29-26-24-22-20-18-16-17-19-21-23-25-28-31-35-39-43-47-51-57(62)59-55(54-60)56(61)50-46-42-38-34-30-14-12-10-8-6-4-2/h55-56,60-61H,3-54H2,1-2H3,(H,59,62). The van der Waals surface area contributed by atoms with Gasteiger partial charge in [0.25, 0.3) is 0 Å². The van der Waals surface area contributed by atoms with Crippen LogP contribution in [0.15, 0.2) is 0 Å². The van der Waals surface area contributed by atoms with Gasteiger partial charge in [-0.05, 0) is 25.7 Å². The molecule has 6 nitrogen and oxygen atoms in total. The summed E-state index contributed by atoms with van der Waals surface area (Å²) in [5.74, 6) is -0.0171. The fourth-order valence-corrected chi connectivity index (χ4v) is 9.41. The van der Waals surface area contributed by atoms with Crippen LogP contribution >= 0.6 is 0 Å². The van der Waals surface area contributed by atoms with E-state index in [4.69, 9.17) is 4.74 Å². The molecule has 0 spiro atoms.